The van der Waals surface area contributed by atoms with Crippen LogP contribution in [0.2, 0.25) is 0 Å². The first-order valence-corrected chi connectivity index (χ1v) is 22.5. The van der Waals surface area contributed by atoms with Crippen molar-refractivity contribution >= 4 is 11.8 Å². The molecular weight excluding hydrogens is 773 g/mol. The van der Waals surface area contributed by atoms with Gasteiger partial charge in [-0.05, 0) is 111 Å². The average molecular weight is 841 g/mol. The Morgan fingerprint density at radius 1 is 0.565 bits per heavy atom. The summed E-state index contributed by atoms with van der Waals surface area (Å²) in [6, 6.07) is 31.9. The number of hydrogen-bond donors (Lipinski definition) is 4. The van der Waals surface area contributed by atoms with Crippen molar-refractivity contribution in [1.29, 1.82) is 0 Å². The fourth-order valence-electron chi connectivity index (χ4n) is 9.40. The molecule has 2 aliphatic rings. The normalized spacial score (nSPS) is 21.2. The fraction of sp³-hybridized carbons (Fsp3) is 0.423. The summed E-state index contributed by atoms with van der Waals surface area (Å²) in [6.07, 6.45) is 7.53. The van der Waals surface area contributed by atoms with E-state index in [0.717, 1.165) is 87.2 Å². The van der Waals surface area contributed by atoms with E-state index >= 15 is 0 Å². The van der Waals surface area contributed by atoms with E-state index in [1.807, 2.05) is 84.9 Å². The van der Waals surface area contributed by atoms with Crippen LogP contribution in [0.5, 0.6) is 11.5 Å². The van der Waals surface area contributed by atoms with Gasteiger partial charge >= 0.3 is 0 Å². The van der Waals surface area contributed by atoms with Crippen molar-refractivity contribution in [2.24, 2.45) is 0 Å². The van der Waals surface area contributed by atoms with Crippen LogP contribution in [0.1, 0.15) is 108 Å². The molecule has 2 amide bonds. The molecule has 2 saturated heterocycles. The van der Waals surface area contributed by atoms with Gasteiger partial charge in [0.15, 0.2) is 0 Å². The largest absolute Gasteiger partial charge is 0.508 e. The third-order valence-corrected chi connectivity index (χ3v) is 12.7. The molecule has 6 rings (SSSR count). The van der Waals surface area contributed by atoms with Crippen molar-refractivity contribution in [3.05, 3.63) is 156 Å². The molecule has 4 N–H and O–H groups in total. The van der Waals surface area contributed by atoms with Gasteiger partial charge < -0.3 is 20.8 Å². The number of nitrogens with zero attached hydrogens (tertiary/aromatic N) is 4. The highest BCUT2D eigenvalue weighted by Crippen LogP contribution is 2.36. The summed E-state index contributed by atoms with van der Waals surface area (Å²) in [5.41, 5.74) is 5.46. The van der Waals surface area contributed by atoms with E-state index in [2.05, 4.69) is 83.2 Å². The SMILES string of the molecule is C=CCN1CC(C)N(C(c2ccc(C(=O)NCCCCCCNC(=O)c3ccc(C(c4cccc(O)c4)N4CC(C)N(CC=C)CC4C)cc3)cc2)c2cccc(O)c2)CC1C. The predicted octanol–water partition coefficient (Wildman–Crippen LogP) is 8.16. The van der Waals surface area contributed by atoms with Crippen LogP contribution in [0.15, 0.2) is 122 Å². The second-order valence-electron chi connectivity index (χ2n) is 17.4. The number of piperazine rings is 2. The number of carbonyl (C=O) groups excluding carboxylic acids is 2. The maximum absolute atomic E-state index is 13.1. The Hall–Kier alpha value is -5.26. The molecular formula is C52H68N6O4. The molecule has 10 heteroatoms. The smallest absolute Gasteiger partial charge is 0.251 e. The van der Waals surface area contributed by atoms with Crippen LogP contribution in [0.3, 0.4) is 0 Å². The minimum Gasteiger partial charge on any atom is -0.508 e. The van der Waals surface area contributed by atoms with E-state index in [1.165, 1.54) is 0 Å². The van der Waals surface area contributed by atoms with Crippen LogP contribution >= 0.6 is 0 Å². The van der Waals surface area contributed by atoms with E-state index < -0.39 is 0 Å². The van der Waals surface area contributed by atoms with Crippen molar-refractivity contribution in [3.8, 4) is 11.5 Å². The van der Waals surface area contributed by atoms with Gasteiger partial charge in [0.1, 0.15) is 11.5 Å². The number of unbranched alkanes of at least 4 members (excludes halogenated alkanes) is 3. The van der Waals surface area contributed by atoms with E-state index in [4.69, 9.17) is 0 Å². The Labute approximate surface area is 369 Å². The first-order chi connectivity index (χ1) is 30.0. The maximum atomic E-state index is 13.1. The number of aromatic hydroxyl groups is 2. The van der Waals surface area contributed by atoms with Gasteiger partial charge in [0.05, 0.1) is 12.1 Å². The monoisotopic (exact) mass is 841 g/mol. The lowest BCUT2D eigenvalue weighted by Gasteiger charge is -2.47. The van der Waals surface area contributed by atoms with Gasteiger partial charge in [-0.15, -0.1) is 13.2 Å². The first-order valence-electron chi connectivity index (χ1n) is 22.5. The molecule has 0 spiro atoms. The van der Waals surface area contributed by atoms with E-state index in [9.17, 15) is 19.8 Å². The Balaban J connectivity index is 0.950. The highest BCUT2D eigenvalue weighted by molar-refractivity contribution is 5.94. The molecule has 2 aliphatic heterocycles. The zero-order valence-electron chi connectivity index (χ0n) is 37.3. The van der Waals surface area contributed by atoms with Crippen molar-refractivity contribution in [3.63, 3.8) is 0 Å². The number of rotatable bonds is 19. The molecule has 10 nitrogen and oxygen atoms in total. The maximum Gasteiger partial charge on any atom is 0.251 e. The second-order valence-corrected chi connectivity index (χ2v) is 17.4. The van der Waals surface area contributed by atoms with Crippen LogP contribution in [-0.2, 0) is 0 Å². The minimum absolute atomic E-state index is 0.0600. The number of amides is 2. The number of benzene rings is 4. The summed E-state index contributed by atoms with van der Waals surface area (Å²) in [7, 11) is 0. The van der Waals surface area contributed by atoms with Gasteiger partial charge in [-0.1, -0.05) is 73.5 Å². The number of phenolic OH excluding ortho intramolecular Hbond substituents is 2. The lowest BCUT2D eigenvalue weighted by atomic mass is 9.92. The third-order valence-electron chi connectivity index (χ3n) is 12.7. The average Bonchev–Trinajstić information content (AvgIpc) is 3.26. The number of hydrogen-bond acceptors (Lipinski definition) is 8. The molecule has 0 saturated carbocycles. The van der Waals surface area contributed by atoms with Crippen molar-refractivity contribution in [1.82, 2.24) is 30.2 Å². The van der Waals surface area contributed by atoms with E-state index in [-0.39, 0.29) is 47.5 Å². The molecule has 0 aliphatic carbocycles. The lowest BCUT2D eigenvalue weighted by Crippen LogP contribution is -2.57. The van der Waals surface area contributed by atoms with Gasteiger partial charge in [0.2, 0.25) is 0 Å². The first kappa shape index (κ1) is 46.2. The molecule has 0 bridgehead atoms. The summed E-state index contributed by atoms with van der Waals surface area (Å²) in [4.78, 5) is 36.2. The topological polar surface area (TPSA) is 112 Å². The zero-order chi connectivity index (χ0) is 44.2. The second kappa shape index (κ2) is 22.2. The highest BCUT2D eigenvalue weighted by Gasteiger charge is 2.36. The third kappa shape index (κ3) is 11.8. The number of carbonyl (C=O) groups is 2. The van der Waals surface area contributed by atoms with Crippen LogP contribution in [0, 0.1) is 0 Å². The molecule has 62 heavy (non-hydrogen) atoms. The zero-order valence-corrected chi connectivity index (χ0v) is 37.3. The van der Waals surface area contributed by atoms with Crippen LogP contribution in [0.25, 0.3) is 0 Å². The Morgan fingerprint density at radius 3 is 1.31 bits per heavy atom. The Morgan fingerprint density at radius 2 is 0.952 bits per heavy atom. The van der Waals surface area contributed by atoms with Crippen molar-refractivity contribution in [2.45, 2.75) is 89.6 Å². The predicted molar refractivity (Wildman–Crippen MR) is 251 cm³/mol. The fourth-order valence-corrected chi connectivity index (χ4v) is 9.40. The number of phenols is 2. The summed E-state index contributed by atoms with van der Waals surface area (Å²) in [5.74, 6) is 0.304. The summed E-state index contributed by atoms with van der Waals surface area (Å²) in [5, 5.41) is 26.9. The lowest BCUT2D eigenvalue weighted by molar-refractivity contribution is 0.0306. The van der Waals surface area contributed by atoms with Crippen molar-refractivity contribution < 1.29 is 19.8 Å². The highest BCUT2D eigenvalue weighted by atomic mass is 16.3. The molecule has 330 valence electrons. The molecule has 6 atom stereocenters. The van der Waals surface area contributed by atoms with E-state index in [0.29, 0.717) is 36.3 Å². The van der Waals surface area contributed by atoms with Crippen molar-refractivity contribution in [2.75, 3.05) is 52.4 Å². The van der Waals surface area contributed by atoms with Gasteiger partial charge in [0, 0.05) is 87.7 Å². The number of nitrogens with one attached hydrogen (secondary N) is 2. The quantitative estimate of drug-likeness (QED) is 0.0554. The van der Waals surface area contributed by atoms with Crippen LogP contribution < -0.4 is 10.6 Å². The van der Waals surface area contributed by atoms with Crippen LogP contribution in [0.4, 0.5) is 0 Å². The molecule has 0 radical (unpaired) electrons. The molecule has 4 aromatic rings. The Bertz CT molecular complexity index is 1940. The van der Waals surface area contributed by atoms with Gasteiger partial charge in [-0.25, -0.2) is 0 Å². The summed E-state index contributed by atoms with van der Waals surface area (Å²) < 4.78 is 0. The summed E-state index contributed by atoms with van der Waals surface area (Å²) in [6.45, 7) is 23.4. The van der Waals surface area contributed by atoms with Gasteiger partial charge in [-0.3, -0.25) is 29.2 Å². The molecule has 6 unspecified atom stereocenters. The molecule has 0 aromatic heterocycles. The molecule has 4 aromatic carbocycles. The standard InChI is InChI=1S/C52H68N6O4/c1-7-29-55-33-39(5)57(35-37(55)3)49(45-15-13-17-47(59)31-45)41-19-23-43(24-20-41)51(61)53-27-11-9-10-12-28-54-52(62)44-25-21-42(22-26-44)50(46-16-14-18-48(60)32-46)58-36-38(4)56(30-8-2)34-40(58)6/h7-8,13-26,31-32,37-40,49-50,59-60H,1-2,9-12,27-30,33-36H2,3-6H3,(H,53,61)(H,54,62). The summed E-state index contributed by atoms with van der Waals surface area (Å²) >= 11 is 0. The minimum atomic E-state index is -0.0906. The van der Waals surface area contributed by atoms with Crippen LogP contribution in [-0.4, -0.2) is 118 Å². The van der Waals surface area contributed by atoms with Gasteiger partial charge in [0.25, 0.3) is 11.8 Å². The van der Waals surface area contributed by atoms with E-state index in [1.54, 1.807) is 12.1 Å². The molecule has 2 heterocycles. The Kier molecular flexibility index (Phi) is 16.6. The van der Waals surface area contributed by atoms with Gasteiger partial charge in [-0.2, -0.15) is 0 Å². The molecule has 2 fully saturated rings.